The van der Waals surface area contributed by atoms with E-state index in [4.69, 9.17) is 5.73 Å². The molecule has 0 aliphatic heterocycles. The lowest BCUT2D eigenvalue weighted by atomic mass is 9.95. The Morgan fingerprint density at radius 1 is 1.21 bits per heavy atom. The Bertz CT molecular complexity index is 360. The van der Waals surface area contributed by atoms with Crippen molar-refractivity contribution in [3.05, 3.63) is 0 Å². The predicted octanol–water partition coefficient (Wildman–Crippen LogP) is 1.60. The van der Waals surface area contributed by atoms with Crippen molar-refractivity contribution in [2.75, 3.05) is 13.6 Å². The topological polar surface area (TPSA) is 75.4 Å². The van der Waals surface area contributed by atoms with Crippen LogP contribution < -0.4 is 10.5 Å². The van der Waals surface area contributed by atoms with E-state index in [9.17, 15) is 8.42 Å². The number of hydrogen-bond donors (Lipinski definition) is 2. The monoisotopic (exact) mass is 291 g/mol. The van der Waals surface area contributed by atoms with Crippen LogP contribution in [0.15, 0.2) is 0 Å². The molecule has 0 atom stereocenters. The molecule has 0 radical (unpaired) electrons. The molecule has 1 aliphatic carbocycles. The molecule has 0 amide bonds. The fourth-order valence-electron chi connectivity index (χ4n) is 2.48. The van der Waals surface area contributed by atoms with Crippen LogP contribution in [0.4, 0.5) is 0 Å². The summed E-state index contributed by atoms with van der Waals surface area (Å²) >= 11 is 0. The van der Waals surface area contributed by atoms with Gasteiger partial charge in [-0.25, -0.2) is 4.72 Å². The van der Waals surface area contributed by atoms with Gasteiger partial charge in [0.1, 0.15) is 0 Å². The quantitative estimate of drug-likeness (QED) is 0.748. The highest BCUT2D eigenvalue weighted by Crippen LogP contribution is 2.23. The fraction of sp³-hybridized carbons (Fsp3) is 1.00. The lowest BCUT2D eigenvalue weighted by Gasteiger charge is -2.32. The molecule has 1 aliphatic rings. The molecule has 1 rings (SSSR count). The molecule has 6 heteroatoms. The number of nitrogens with zero attached hydrogens (tertiary/aromatic N) is 1. The second kappa shape index (κ2) is 7.02. The Labute approximate surface area is 118 Å². The van der Waals surface area contributed by atoms with Crippen LogP contribution >= 0.6 is 0 Å². The number of rotatable bonds is 7. The zero-order valence-corrected chi connectivity index (χ0v) is 13.3. The molecular formula is C13H29N3O2S. The summed E-state index contributed by atoms with van der Waals surface area (Å²) in [6.45, 7) is 4.28. The Kier molecular flexibility index (Phi) is 6.23. The Balaban J connectivity index is 2.59. The van der Waals surface area contributed by atoms with Gasteiger partial charge >= 0.3 is 0 Å². The average molecular weight is 291 g/mol. The van der Waals surface area contributed by atoms with Crippen LogP contribution in [0.3, 0.4) is 0 Å². The third-order valence-electron chi connectivity index (χ3n) is 4.48. The van der Waals surface area contributed by atoms with E-state index in [1.165, 1.54) is 10.7 Å². The van der Waals surface area contributed by atoms with Crippen LogP contribution in [0.5, 0.6) is 0 Å². The smallest absolute Gasteiger partial charge is 0.279 e. The normalized spacial score (nSPS) is 19.0. The first-order valence-corrected chi connectivity index (χ1v) is 8.80. The van der Waals surface area contributed by atoms with E-state index in [1.54, 1.807) is 7.05 Å². The van der Waals surface area contributed by atoms with Crippen LogP contribution in [0.2, 0.25) is 0 Å². The molecule has 5 nitrogen and oxygen atoms in total. The van der Waals surface area contributed by atoms with E-state index in [-0.39, 0.29) is 6.04 Å². The van der Waals surface area contributed by atoms with Gasteiger partial charge in [-0.2, -0.15) is 12.7 Å². The van der Waals surface area contributed by atoms with Crippen LogP contribution in [-0.4, -0.2) is 37.9 Å². The number of nitrogens with two attached hydrogens (primary N) is 1. The third kappa shape index (κ3) is 4.70. The molecular weight excluding hydrogens is 262 g/mol. The molecule has 0 spiro atoms. The summed E-state index contributed by atoms with van der Waals surface area (Å²) < 4.78 is 28.7. The van der Waals surface area contributed by atoms with Gasteiger partial charge in [-0.05, 0) is 25.7 Å². The van der Waals surface area contributed by atoms with Crippen molar-refractivity contribution in [2.24, 2.45) is 5.73 Å². The summed E-state index contributed by atoms with van der Waals surface area (Å²) in [5.41, 5.74) is 5.69. The maximum absolute atomic E-state index is 12.3. The minimum Gasteiger partial charge on any atom is -0.324 e. The van der Waals surface area contributed by atoms with Crippen LogP contribution in [-0.2, 0) is 10.2 Å². The van der Waals surface area contributed by atoms with Gasteiger partial charge in [0.2, 0.25) is 0 Å². The maximum atomic E-state index is 12.3. The summed E-state index contributed by atoms with van der Waals surface area (Å²) in [6, 6.07) is 0.140. The molecule has 0 aromatic heterocycles. The molecule has 0 aromatic carbocycles. The van der Waals surface area contributed by atoms with Gasteiger partial charge in [-0.1, -0.05) is 33.1 Å². The first-order chi connectivity index (χ1) is 8.84. The summed E-state index contributed by atoms with van der Waals surface area (Å²) in [7, 11) is -1.73. The summed E-state index contributed by atoms with van der Waals surface area (Å²) in [5, 5.41) is 0. The van der Waals surface area contributed by atoms with Gasteiger partial charge in [-0.15, -0.1) is 0 Å². The van der Waals surface area contributed by atoms with Gasteiger partial charge in [0, 0.05) is 25.2 Å². The Morgan fingerprint density at radius 3 is 2.21 bits per heavy atom. The molecule has 0 aromatic rings. The molecule has 19 heavy (non-hydrogen) atoms. The maximum Gasteiger partial charge on any atom is 0.279 e. The lowest BCUT2D eigenvalue weighted by molar-refractivity contribution is 0.280. The molecule has 0 heterocycles. The second-order valence-corrected chi connectivity index (χ2v) is 7.52. The number of hydrogen-bond acceptors (Lipinski definition) is 3. The van der Waals surface area contributed by atoms with Gasteiger partial charge in [-0.3, -0.25) is 0 Å². The van der Waals surface area contributed by atoms with Crippen molar-refractivity contribution in [1.82, 2.24) is 9.03 Å². The van der Waals surface area contributed by atoms with E-state index < -0.39 is 15.7 Å². The minimum absolute atomic E-state index is 0.140. The van der Waals surface area contributed by atoms with E-state index in [0.717, 1.165) is 38.5 Å². The molecule has 1 fully saturated rings. The van der Waals surface area contributed by atoms with Crippen LogP contribution in [0.25, 0.3) is 0 Å². The van der Waals surface area contributed by atoms with Gasteiger partial charge in [0.25, 0.3) is 10.2 Å². The standard InChI is InChI=1S/C13H29N3O2S/c1-4-13(14,5-2)11-15-19(17,18)16(3)12-9-7-6-8-10-12/h12,15H,4-11,14H2,1-3H3. The minimum atomic E-state index is -3.41. The van der Waals surface area contributed by atoms with Crippen molar-refractivity contribution in [3.8, 4) is 0 Å². The summed E-state index contributed by atoms with van der Waals surface area (Å²) in [4.78, 5) is 0. The molecule has 3 N–H and O–H groups in total. The zero-order valence-electron chi connectivity index (χ0n) is 12.5. The summed E-state index contributed by atoms with van der Waals surface area (Å²) in [6.07, 6.45) is 6.91. The SMILES string of the molecule is CCC(N)(CC)CNS(=O)(=O)N(C)C1CCCCC1. The first-order valence-electron chi connectivity index (χ1n) is 7.36. The second-order valence-electron chi connectivity index (χ2n) is 5.70. The highest BCUT2D eigenvalue weighted by molar-refractivity contribution is 7.87. The van der Waals surface area contributed by atoms with Crippen molar-refractivity contribution in [3.63, 3.8) is 0 Å². The first kappa shape index (κ1) is 16.9. The van der Waals surface area contributed by atoms with Crippen molar-refractivity contribution >= 4 is 10.2 Å². The van der Waals surface area contributed by atoms with Gasteiger partial charge in [0.15, 0.2) is 0 Å². The fourth-order valence-corrected chi connectivity index (χ4v) is 3.75. The van der Waals surface area contributed by atoms with Crippen molar-refractivity contribution in [1.29, 1.82) is 0 Å². The van der Waals surface area contributed by atoms with E-state index in [0.29, 0.717) is 6.54 Å². The van der Waals surface area contributed by atoms with Crippen molar-refractivity contribution < 1.29 is 8.42 Å². The molecule has 1 saturated carbocycles. The van der Waals surface area contributed by atoms with E-state index >= 15 is 0 Å². The molecule has 0 bridgehead atoms. The Morgan fingerprint density at radius 2 is 1.74 bits per heavy atom. The molecule has 0 unspecified atom stereocenters. The zero-order chi connectivity index (χ0) is 14.5. The third-order valence-corrected chi connectivity index (χ3v) is 6.05. The lowest BCUT2D eigenvalue weighted by Crippen LogP contribution is -2.53. The molecule has 0 saturated heterocycles. The average Bonchev–Trinajstić information content (AvgIpc) is 2.45. The number of nitrogens with one attached hydrogen (secondary N) is 1. The van der Waals surface area contributed by atoms with Crippen LogP contribution in [0, 0.1) is 0 Å². The predicted molar refractivity (Wildman–Crippen MR) is 79.1 cm³/mol. The Hall–Kier alpha value is -0.170. The highest BCUT2D eigenvalue weighted by atomic mass is 32.2. The summed E-state index contributed by atoms with van der Waals surface area (Å²) in [5.74, 6) is 0. The largest absolute Gasteiger partial charge is 0.324 e. The highest BCUT2D eigenvalue weighted by Gasteiger charge is 2.29. The van der Waals surface area contributed by atoms with Crippen molar-refractivity contribution in [2.45, 2.75) is 70.4 Å². The van der Waals surface area contributed by atoms with Gasteiger partial charge < -0.3 is 5.73 Å². The van der Waals surface area contributed by atoms with E-state index in [2.05, 4.69) is 4.72 Å². The molecule has 114 valence electrons. The van der Waals surface area contributed by atoms with Crippen LogP contribution in [0.1, 0.15) is 58.8 Å². The van der Waals surface area contributed by atoms with Gasteiger partial charge in [0.05, 0.1) is 0 Å². The van der Waals surface area contributed by atoms with E-state index in [1.807, 2.05) is 13.8 Å².